The maximum atomic E-state index is 11.1. The lowest BCUT2D eigenvalue weighted by molar-refractivity contribution is -0.107. The van der Waals surface area contributed by atoms with Crippen LogP contribution in [0.2, 0.25) is 0 Å². The standard InChI is InChI=1S/C29H36O8/c1-7-35-22-13-12-20(16-24(22)36-8-2)26-19(11-9-10-14-30)15-23(37-18-31-3)21-17-25(32-4)28(33-5)29(34-6)27(21)26/h12-17H,7-11,18H2,1-6H3. The summed E-state index contributed by atoms with van der Waals surface area (Å²) in [5.41, 5.74) is 2.81. The number of carbonyl (C=O) groups is 1. The third kappa shape index (κ3) is 6.02. The third-order valence-corrected chi connectivity index (χ3v) is 5.90. The zero-order chi connectivity index (χ0) is 26.8. The van der Waals surface area contributed by atoms with Crippen molar-refractivity contribution in [2.45, 2.75) is 33.1 Å². The second-order valence-electron chi connectivity index (χ2n) is 8.11. The molecule has 0 aliphatic carbocycles. The fourth-order valence-corrected chi connectivity index (χ4v) is 4.42. The molecule has 0 N–H and O–H groups in total. The number of carbonyl (C=O) groups excluding carboxylic acids is 1. The lowest BCUT2D eigenvalue weighted by atomic mass is 9.89. The summed E-state index contributed by atoms with van der Waals surface area (Å²) >= 11 is 0. The van der Waals surface area contributed by atoms with Gasteiger partial charge in [0.2, 0.25) is 5.75 Å². The zero-order valence-electron chi connectivity index (χ0n) is 22.5. The van der Waals surface area contributed by atoms with Crippen LogP contribution >= 0.6 is 0 Å². The molecule has 0 bridgehead atoms. The minimum atomic E-state index is 0.0659. The Hall–Kier alpha value is -3.65. The number of hydrogen-bond acceptors (Lipinski definition) is 8. The van der Waals surface area contributed by atoms with Gasteiger partial charge in [-0.2, -0.15) is 0 Å². The van der Waals surface area contributed by atoms with E-state index < -0.39 is 0 Å². The van der Waals surface area contributed by atoms with Crippen molar-refractivity contribution in [1.82, 2.24) is 0 Å². The van der Waals surface area contributed by atoms with Gasteiger partial charge < -0.3 is 38.0 Å². The first-order chi connectivity index (χ1) is 18.1. The van der Waals surface area contributed by atoms with Crippen LogP contribution < -0.4 is 28.4 Å². The van der Waals surface area contributed by atoms with Crippen LogP contribution in [0.25, 0.3) is 21.9 Å². The van der Waals surface area contributed by atoms with Crippen LogP contribution in [0, 0.1) is 0 Å². The predicted octanol–water partition coefficient (Wildman–Crippen LogP) is 5.83. The second kappa shape index (κ2) is 13.6. The van der Waals surface area contributed by atoms with Crippen LogP contribution in [-0.4, -0.2) is 54.7 Å². The molecule has 0 unspecified atom stereocenters. The maximum Gasteiger partial charge on any atom is 0.203 e. The highest BCUT2D eigenvalue weighted by Gasteiger charge is 2.25. The van der Waals surface area contributed by atoms with E-state index >= 15 is 0 Å². The molecule has 0 aliphatic rings. The molecular weight excluding hydrogens is 476 g/mol. The first kappa shape index (κ1) is 27.9. The van der Waals surface area contributed by atoms with Gasteiger partial charge >= 0.3 is 0 Å². The van der Waals surface area contributed by atoms with Crippen molar-refractivity contribution in [2.24, 2.45) is 0 Å². The lowest BCUT2D eigenvalue weighted by Gasteiger charge is -2.22. The van der Waals surface area contributed by atoms with E-state index in [9.17, 15) is 4.79 Å². The second-order valence-corrected chi connectivity index (χ2v) is 8.11. The predicted molar refractivity (Wildman–Crippen MR) is 143 cm³/mol. The molecule has 0 radical (unpaired) electrons. The quantitative estimate of drug-likeness (QED) is 0.143. The molecule has 37 heavy (non-hydrogen) atoms. The molecule has 0 heterocycles. The van der Waals surface area contributed by atoms with E-state index in [-0.39, 0.29) is 6.79 Å². The number of unbranched alkanes of at least 4 members (excludes halogenated alkanes) is 1. The Morgan fingerprint density at radius 1 is 0.757 bits per heavy atom. The summed E-state index contributed by atoms with van der Waals surface area (Å²) in [4.78, 5) is 11.1. The topological polar surface area (TPSA) is 81.7 Å². The van der Waals surface area contributed by atoms with Crippen LogP contribution in [0.3, 0.4) is 0 Å². The number of aryl methyl sites for hydroxylation is 1. The lowest BCUT2D eigenvalue weighted by Crippen LogP contribution is -2.04. The van der Waals surface area contributed by atoms with Gasteiger partial charge in [0.25, 0.3) is 0 Å². The Kier molecular flexibility index (Phi) is 10.3. The Morgan fingerprint density at radius 2 is 1.49 bits per heavy atom. The van der Waals surface area contributed by atoms with Crippen molar-refractivity contribution in [3.8, 4) is 45.6 Å². The number of aldehydes is 1. The summed E-state index contributed by atoms with van der Waals surface area (Å²) in [6.45, 7) is 4.96. The molecule has 8 nitrogen and oxygen atoms in total. The maximum absolute atomic E-state index is 11.1. The monoisotopic (exact) mass is 512 g/mol. The summed E-state index contributed by atoms with van der Waals surface area (Å²) in [5, 5.41) is 1.56. The van der Waals surface area contributed by atoms with Crippen LogP contribution in [0.4, 0.5) is 0 Å². The minimum absolute atomic E-state index is 0.0659. The van der Waals surface area contributed by atoms with Crippen molar-refractivity contribution < 1.29 is 38.0 Å². The van der Waals surface area contributed by atoms with E-state index in [2.05, 4.69) is 0 Å². The van der Waals surface area contributed by atoms with Crippen LogP contribution in [0.15, 0.2) is 30.3 Å². The molecule has 0 fully saturated rings. The average molecular weight is 513 g/mol. The summed E-state index contributed by atoms with van der Waals surface area (Å²) in [7, 11) is 6.32. The molecule has 3 aromatic rings. The largest absolute Gasteiger partial charge is 0.493 e. The summed E-state index contributed by atoms with van der Waals surface area (Å²) < 4.78 is 40.2. The number of hydrogen-bond donors (Lipinski definition) is 0. The van der Waals surface area contributed by atoms with E-state index in [0.29, 0.717) is 67.0 Å². The van der Waals surface area contributed by atoms with Gasteiger partial charge in [0, 0.05) is 24.3 Å². The highest BCUT2D eigenvalue weighted by Crippen LogP contribution is 2.51. The van der Waals surface area contributed by atoms with Gasteiger partial charge in [-0.05, 0) is 67.6 Å². The van der Waals surface area contributed by atoms with Gasteiger partial charge in [0.05, 0.1) is 34.5 Å². The van der Waals surface area contributed by atoms with E-state index in [1.807, 2.05) is 44.2 Å². The Balaban J connectivity index is 2.45. The molecule has 0 amide bonds. The van der Waals surface area contributed by atoms with Gasteiger partial charge in [-0.25, -0.2) is 0 Å². The van der Waals surface area contributed by atoms with Gasteiger partial charge in [0.1, 0.15) is 12.0 Å². The molecule has 0 atom stereocenters. The SMILES string of the molecule is CCOc1ccc(-c2c(CCCC=O)cc(OCOC)c3cc(OC)c(OC)c(OC)c23)cc1OCC. The van der Waals surface area contributed by atoms with Gasteiger partial charge in [-0.3, -0.25) is 0 Å². The van der Waals surface area contributed by atoms with E-state index in [1.165, 1.54) is 0 Å². The molecule has 0 saturated carbocycles. The van der Waals surface area contributed by atoms with E-state index in [1.54, 1.807) is 28.4 Å². The van der Waals surface area contributed by atoms with Crippen LogP contribution in [0.5, 0.6) is 34.5 Å². The van der Waals surface area contributed by atoms with E-state index in [4.69, 9.17) is 33.2 Å². The third-order valence-electron chi connectivity index (χ3n) is 5.90. The van der Waals surface area contributed by atoms with Crippen molar-refractivity contribution in [1.29, 1.82) is 0 Å². The Bertz CT molecular complexity index is 1200. The summed E-state index contributed by atoms with van der Waals surface area (Å²) in [6, 6.07) is 9.74. The molecule has 0 aliphatic heterocycles. The fourth-order valence-electron chi connectivity index (χ4n) is 4.42. The molecule has 200 valence electrons. The Morgan fingerprint density at radius 3 is 2.11 bits per heavy atom. The van der Waals surface area contributed by atoms with Crippen molar-refractivity contribution >= 4 is 17.1 Å². The fraction of sp³-hybridized carbons (Fsp3) is 0.414. The van der Waals surface area contributed by atoms with E-state index in [0.717, 1.165) is 33.7 Å². The zero-order valence-corrected chi connectivity index (χ0v) is 22.5. The number of rotatable bonds is 15. The normalized spacial score (nSPS) is 10.8. The molecule has 0 spiro atoms. The summed E-state index contributed by atoms with van der Waals surface area (Å²) in [5.74, 6) is 3.42. The van der Waals surface area contributed by atoms with Crippen LogP contribution in [-0.2, 0) is 16.0 Å². The van der Waals surface area contributed by atoms with Crippen LogP contribution in [0.1, 0.15) is 32.3 Å². The number of fused-ring (bicyclic) bond motifs is 1. The number of benzene rings is 3. The molecule has 0 aromatic heterocycles. The first-order valence-corrected chi connectivity index (χ1v) is 12.3. The van der Waals surface area contributed by atoms with Crippen molar-refractivity contribution in [3.63, 3.8) is 0 Å². The highest BCUT2D eigenvalue weighted by molar-refractivity contribution is 6.08. The highest BCUT2D eigenvalue weighted by atomic mass is 16.7. The van der Waals surface area contributed by atoms with Gasteiger partial charge in [-0.15, -0.1) is 0 Å². The first-order valence-electron chi connectivity index (χ1n) is 12.3. The summed E-state index contributed by atoms with van der Waals surface area (Å²) in [6.07, 6.45) is 2.70. The number of methoxy groups -OCH3 is 4. The molecule has 3 rings (SSSR count). The molecule has 0 saturated heterocycles. The average Bonchev–Trinajstić information content (AvgIpc) is 2.91. The minimum Gasteiger partial charge on any atom is -0.493 e. The van der Waals surface area contributed by atoms with Crippen molar-refractivity contribution in [2.75, 3.05) is 48.4 Å². The van der Waals surface area contributed by atoms with Gasteiger partial charge in [0.15, 0.2) is 29.8 Å². The molecule has 8 heteroatoms. The Labute approximate surface area is 218 Å². The molecule has 3 aromatic carbocycles. The van der Waals surface area contributed by atoms with Crippen molar-refractivity contribution in [3.05, 3.63) is 35.9 Å². The molecular formula is C29H36O8. The smallest absolute Gasteiger partial charge is 0.203 e. The van der Waals surface area contributed by atoms with Gasteiger partial charge in [-0.1, -0.05) is 6.07 Å². The number of ether oxygens (including phenoxy) is 7.